The van der Waals surface area contributed by atoms with Gasteiger partial charge in [0.1, 0.15) is 23.0 Å². The van der Waals surface area contributed by atoms with Crippen molar-refractivity contribution in [1.82, 2.24) is 5.32 Å². The predicted molar refractivity (Wildman–Crippen MR) is 131 cm³/mol. The molecule has 34 heavy (non-hydrogen) atoms. The van der Waals surface area contributed by atoms with Crippen LogP contribution in [-0.4, -0.2) is 28.0 Å². The number of nitrogens with zero attached hydrogens (tertiary/aromatic N) is 1. The average Bonchev–Trinajstić information content (AvgIpc) is 2.79. The molecular formula is C25H26ClFN2O4S. The Bertz CT molecular complexity index is 1300. The summed E-state index contributed by atoms with van der Waals surface area (Å²) in [5.74, 6) is -0.763. The Hall–Kier alpha value is -3.10. The van der Waals surface area contributed by atoms with E-state index in [1.165, 1.54) is 31.4 Å². The third kappa shape index (κ3) is 5.69. The van der Waals surface area contributed by atoms with Crippen LogP contribution in [0.25, 0.3) is 0 Å². The first-order chi connectivity index (χ1) is 16.0. The Kier molecular flexibility index (Phi) is 7.84. The smallest absolute Gasteiger partial charge is 0.268 e. The number of carbonyl (C=O) groups excluding carboxylic acids is 1. The lowest BCUT2D eigenvalue weighted by atomic mass is 10.1. The zero-order chi connectivity index (χ0) is 25.0. The third-order valence-electron chi connectivity index (χ3n) is 5.37. The van der Waals surface area contributed by atoms with Crippen molar-refractivity contribution in [3.05, 3.63) is 88.2 Å². The van der Waals surface area contributed by atoms with Crippen LogP contribution in [0.1, 0.15) is 29.7 Å². The standard InChI is InChI=1S/C25H26ClFN2O4S/c1-16-5-12-23(33-4)24(13-16)34(31,32)29(21-11-6-17(2)22(26)14-21)15-25(30)28-18(3)19-7-9-20(27)10-8-19/h5-14,18H,15H2,1-4H3,(H,28,30)/t18-/m1/s1. The van der Waals surface area contributed by atoms with Crippen molar-refractivity contribution in [1.29, 1.82) is 0 Å². The maximum atomic E-state index is 13.8. The van der Waals surface area contributed by atoms with Crippen molar-refractivity contribution in [2.45, 2.75) is 31.7 Å². The minimum absolute atomic E-state index is 0.0638. The van der Waals surface area contributed by atoms with E-state index in [0.29, 0.717) is 10.6 Å². The summed E-state index contributed by atoms with van der Waals surface area (Å²) < 4.78 is 47.1. The number of nitrogens with one attached hydrogen (secondary N) is 1. The second-order valence-corrected chi connectivity index (χ2v) is 10.2. The highest BCUT2D eigenvalue weighted by atomic mass is 35.5. The second kappa shape index (κ2) is 10.4. The molecule has 1 N–H and O–H groups in total. The molecular weight excluding hydrogens is 479 g/mol. The topological polar surface area (TPSA) is 75.7 Å². The van der Waals surface area contributed by atoms with Crippen LogP contribution in [0, 0.1) is 19.7 Å². The summed E-state index contributed by atoms with van der Waals surface area (Å²) in [6.45, 7) is 4.80. The molecule has 3 aromatic carbocycles. The number of aryl methyl sites for hydroxylation is 2. The molecule has 0 aliphatic rings. The Morgan fingerprint density at radius 2 is 1.76 bits per heavy atom. The minimum Gasteiger partial charge on any atom is -0.495 e. The van der Waals surface area contributed by atoms with E-state index < -0.39 is 28.5 Å². The van der Waals surface area contributed by atoms with Crippen molar-refractivity contribution in [3.63, 3.8) is 0 Å². The number of halogens is 2. The van der Waals surface area contributed by atoms with Crippen LogP contribution in [0.3, 0.4) is 0 Å². The molecule has 0 saturated carbocycles. The first-order valence-electron chi connectivity index (χ1n) is 10.5. The molecule has 0 fully saturated rings. The van der Waals surface area contributed by atoms with Crippen molar-refractivity contribution in [2.75, 3.05) is 18.0 Å². The quantitative estimate of drug-likeness (QED) is 0.459. The van der Waals surface area contributed by atoms with Crippen molar-refractivity contribution in [3.8, 4) is 5.75 Å². The fourth-order valence-corrected chi connectivity index (χ4v) is 5.24. The normalized spacial score (nSPS) is 12.2. The molecule has 180 valence electrons. The molecule has 0 bridgehead atoms. The van der Waals surface area contributed by atoms with Crippen LogP contribution in [-0.2, 0) is 14.8 Å². The maximum absolute atomic E-state index is 13.8. The number of hydrogen-bond acceptors (Lipinski definition) is 4. The Morgan fingerprint density at radius 3 is 2.38 bits per heavy atom. The number of benzene rings is 3. The lowest BCUT2D eigenvalue weighted by molar-refractivity contribution is -0.120. The van der Waals surface area contributed by atoms with Gasteiger partial charge in [-0.25, -0.2) is 12.8 Å². The third-order valence-corrected chi connectivity index (χ3v) is 7.57. The van der Waals surface area contributed by atoms with Crippen LogP contribution in [0.2, 0.25) is 5.02 Å². The van der Waals surface area contributed by atoms with Gasteiger partial charge < -0.3 is 10.1 Å². The second-order valence-electron chi connectivity index (χ2n) is 7.94. The van der Waals surface area contributed by atoms with Gasteiger partial charge in [-0.3, -0.25) is 9.10 Å². The van der Waals surface area contributed by atoms with E-state index in [-0.39, 0.29) is 22.1 Å². The molecule has 0 saturated heterocycles. The molecule has 9 heteroatoms. The fraction of sp³-hybridized carbons (Fsp3) is 0.240. The molecule has 1 atom stereocenters. The molecule has 0 aromatic heterocycles. The number of methoxy groups -OCH3 is 1. The number of carbonyl (C=O) groups is 1. The summed E-state index contributed by atoms with van der Waals surface area (Å²) >= 11 is 6.27. The first kappa shape index (κ1) is 25.5. The highest BCUT2D eigenvalue weighted by Gasteiger charge is 2.31. The molecule has 1 amide bonds. The molecule has 3 rings (SSSR count). The van der Waals surface area contributed by atoms with E-state index >= 15 is 0 Å². The van der Waals surface area contributed by atoms with Gasteiger partial charge in [-0.05, 0) is 73.9 Å². The fourth-order valence-electron chi connectivity index (χ4n) is 3.41. The lowest BCUT2D eigenvalue weighted by Crippen LogP contribution is -2.41. The van der Waals surface area contributed by atoms with E-state index in [9.17, 15) is 17.6 Å². The molecule has 3 aromatic rings. The number of rotatable bonds is 8. The molecule has 0 unspecified atom stereocenters. The SMILES string of the molecule is COc1ccc(C)cc1S(=O)(=O)N(CC(=O)N[C@H](C)c1ccc(F)cc1)c1ccc(C)c(Cl)c1. The van der Waals surface area contributed by atoms with Crippen LogP contribution in [0.15, 0.2) is 65.6 Å². The molecule has 6 nitrogen and oxygen atoms in total. The summed E-state index contributed by atoms with van der Waals surface area (Å²) in [7, 11) is -2.83. The number of sulfonamides is 1. The van der Waals surface area contributed by atoms with Gasteiger partial charge in [0.05, 0.1) is 18.8 Å². The average molecular weight is 505 g/mol. The Labute approximate surface area is 204 Å². The number of amides is 1. The van der Waals surface area contributed by atoms with Gasteiger partial charge in [-0.1, -0.05) is 35.9 Å². The summed E-state index contributed by atoms with van der Waals surface area (Å²) in [6.07, 6.45) is 0. The molecule has 0 heterocycles. The van der Waals surface area contributed by atoms with Crippen LogP contribution in [0.4, 0.5) is 10.1 Å². The van der Waals surface area contributed by atoms with E-state index in [4.69, 9.17) is 16.3 Å². The van der Waals surface area contributed by atoms with Gasteiger partial charge in [-0.15, -0.1) is 0 Å². The monoisotopic (exact) mass is 504 g/mol. The largest absolute Gasteiger partial charge is 0.495 e. The van der Waals surface area contributed by atoms with Crippen molar-refractivity contribution >= 4 is 33.2 Å². The molecule has 0 spiro atoms. The van der Waals surface area contributed by atoms with Crippen LogP contribution >= 0.6 is 11.6 Å². The number of anilines is 1. The van der Waals surface area contributed by atoms with Gasteiger partial charge in [-0.2, -0.15) is 0 Å². The van der Waals surface area contributed by atoms with Gasteiger partial charge in [0, 0.05) is 5.02 Å². The van der Waals surface area contributed by atoms with Crippen LogP contribution < -0.4 is 14.4 Å². The minimum atomic E-state index is -4.21. The van der Waals surface area contributed by atoms with Crippen LogP contribution in [0.5, 0.6) is 5.75 Å². The molecule has 0 aliphatic heterocycles. The lowest BCUT2D eigenvalue weighted by Gasteiger charge is -2.26. The number of hydrogen-bond donors (Lipinski definition) is 1. The maximum Gasteiger partial charge on any atom is 0.268 e. The Balaban J connectivity index is 1.99. The zero-order valence-corrected chi connectivity index (χ0v) is 20.9. The van der Waals surface area contributed by atoms with Crippen molar-refractivity contribution < 1.29 is 22.3 Å². The van der Waals surface area contributed by atoms with Gasteiger partial charge >= 0.3 is 0 Å². The molecule has 0 aliphatic carbocycles. The summed E-state index contributed by atoms with van der Waals surface area (Å²) in [5.41, 5.74) is 2.41. The summed E-state index contributed by atoms with van der Waals surface area (Å²) in [4.78, 5) is 12.9. The van der Waals surface area contributed by atoms with E-state index in [0.717, 1.165) is 15.4 Å². The van der Waals surface area contributed by atoms with Gasteiger partial charge in [0.15, 0.2) is 0 Å². The van der Waals surface area contributed by atoms with Gasteiger partial charge in [0.2, 0.25) is 5.91 Å². The van der Waals surface area contributed by atoms with E-state index in [1.807, 2.05) is 0 Å². The van der Waals surface area contributed by atoms with E-state index in [2.05, 4.69) is 5.32 Å². The highest BCUT2D eigenvalue weighted by Crippen LogP contribution is 2.32. The van der Waals surface area contributed by atoms with Crippen molar-refractivity contribution in [2.24, 2.45) is 0 Å². The predicted octanol–water partition coefficient (Wildman–Crippen LogP) is 5.18. The summed E-state index contributed by atoms with van der Waals surface area (Å²) in [5, 5.41) is 3.14. The number of ether oxygens (including phenoxy) is 1. The summed E-state index contributed by atoms with van der Waals surface area (Å²) in [6, 6.07) is 14.8. The van der Waals surface area contributed by atoms with Gasteiger partial charge in [0.25, 0.3) is 10.0 Å². The zero-order valence-electron chi connectivity index (χ0n) is 19.3. The molecule has 0 radical (unpaired) electrons. The first-order valence-corrected chi connectivity index (χ1v) is 12.3. The highest BCUT2D eigenvalue weighted by molar-refractivity contribution is 7.93. The van der Waals surface area contributed by atoms with E-state index in [1.54, 1.807) is 57.2 Å². The Morgan fingerprint density at radius 1 is 1.09 bits per heavy atom.